The normalized spacial score (nSPS) is 26.5. The van der Waals surface area contributed by atoms with Crippen LogP contribution in [0.5, 0.6) is 5.75 Å². The number of hydrogen-bond acceptors (Lipinski definition) is 5. The first-order chi connectivity index (χ1) is 8.52. The van der Waals surface area contributed by atoms with E-state index in [0.29, 0.717) is 12.1 Å². The van der Waals surface area contributed by atoms with Crippen molar-refractivity contribution in [3.63, 3.8) is 0 Å². The average molecular weight is 273 g/mol. The molecule has 6 nitrogen and oxygen atoms in total. The van der Waals surface area contributed by atoms with Crippen molar-refractivity contribution in [2.24, 2.45) is 0 Å². The Morgan fingerprint density at radius 1 is 1.56 bits per heavy atom. The van der Waals surface area contributed by atoms with Crippen LogP contribution < -0.4 is 4.74 Å². The van der Waals surface area contributed by atoms with Gasteiger partial charge in [0.2, 0.25) is 5.75 Å². The van der Waals surface area contributed by atoms with Crippen LogP contribution in [0, 0.1) is 17.0 Å². The summed E-state index contributed by atoms with van der Waals surface area (Å²) >= 11 is 5.95. The molecule has 0 aliphatic heterocycles. The molecule has 1 aliphatic rings. The molecule has 0 spiro atoms. The summed E-state index contributed by atoms with van der Waals surface area (Å²) in [5.74, 6) is -0.121. The number of pyridine rings is 1. The van der Waals surface area contributed by atoms with Crippen LogP contribution in [-0.2, 0) is 4.74 Å². The molecule has 0 saturated heterocycles. The smallest absolute Gasteiger partial charge is 0.406 e. The van der Waals surface area contributed by atoms with Gasteiger partial charge >= 0.3 is 5.82 Å². The predicted octanol–water partition coefficient (Wildman–Crippen LogP) is 2.07. The maximum Gasteiger partial charge on any atom is 0.406 e. The molecule has 1 aromatic rings. The van der Waals surface area contributed by atoms with E-state index in [0.717, 1.165) is 0 Å². The summed E-state index contributed by atoms with van der Waals surface area (Å²) in [6.45, 7) is 1.69. The largest absolute Gasteiger partial charge is 0.479 e. The van der Waals surface area contributed by atoms with Crippen LogP contribution in [0.1, 0.15) is 12.1 Å². The Morgan fingerprint density at radius 2 is 2.28 bits per heavy atom. The predicted molar refractivity (Wildman–Crippen MR) is 65.1 cm³/mol. The summed E-state index contributed by atoms with van der Waals surface area (Å²) in [5, 5.41) is 10.8. The molecule has 18 heavy (non-hydrogen) atoms. The molecular formula is C11H13ClN2O4. The Kier molecular flexibility index (Phi) is 3.68. The fourth-order valence-electron chi connectivity index (χ4n) is 1.86. The molecule has 1 aliphatic carbocycles. The number of aryl methyl sites for hydroxylation is 1. The van der Waals surface area contributed by atoms with Gasteiger partial charge in [0.25, 0.3) is 0 Å². The minimum absolute atomic E-state index is 0.113. The van der Waals surface area contributed by atoms with Gasteiger partial charge in [-0.15, -0.1) is 11.6 Å². The monoisotopic (exact) mass is 272 g/mol. The highest BCUT2D eigenvalue weighted by atomic mass is 35.5. The van der Waals surface area contributed by atoms with Crippen LogP contribution in [0.3, 0.4) is 0 Å². The Labute approximate surface area is 109 Å². The number of nitrogens with zero attached hydrogens (tertiary/aromatic N) is 2. The first kappa shape index (κ1) is 13.0. The Hall–Kier alpha value is -1.40. The number of ether oxygens (including phenoxy) is 2. The molecule has 2 rings (SSSR count). The van der Waals surface area contributed by atoms with E-state index in [1.54, 1.807) is 19.1 Å². The summed E-state index contributed by atoms with van der Waals surface area (Å²) in [7, 11) is 1.54. The summed E-state index contributed by atoms with van der Waals surface area (Å²) in [6.07, 6.45) is 0.0961. The second-order valence-electron chi connectivity index (χ2n) is 4.14. The molecule has 0 bridgehead atoms. The molecule has 3 atom stereocenters. The second-order valence-corrected chi connectivity index (χ2v) is 4.70. The zero-order valence-corrected chi connectivity index (χ0v) is 10.8. The van der Waals surface area contributed by atoms with Crippen molar-refractivity contribution >= 4 is 17.4 Å². The zero-order chi connectivity index (χ0) is 13.3. The second kappa shape index (κ2) is 5.07. The fraction of sp³-hybridized carbons (Fsp3) is 0.545. The van der Waals surface area contributed by atoms with Gasteiger partial charge in [0, 0.05) is 20.5 Å². The number of methoxy groups -OCH3 is 1. The quantitative estimate of drug-likeness (QED) is 0.476. The number of rotatable bonds is 4. The van der Waals surface area contributed by atoms with E-state index in [1.807, 2.05) is 0 Å². The van der Waals surface area contributed by atoms with Gasteiger partial charge in [-0.3, -0.25) is 0 Å². The van der Waals surface area contributed by atoms with Gasteiger partial charge in [0.1, 0.15) is 17.9 Å². The molecule has 0 aromatic carbocycles. The fourth-order valence-corrected chi connectivity index (χ4v) is 2.30. The lowest BCUT2D eigenvalue weighted by Crippen LogP contribution is -2.52. The Bertz CT molecular complexity index is 468. The lowest BCUT2D eigenvalue weighted by molar-refractivity contribution is -0.391. The van der Waals surface area contributed by atoms with E-state index in [-0.39, 0.29) is 29.2 Å². The van der Waals surface area contributed by atoms with Crippen molar-refractivity contribution in [3.8, 4) is 5.75 Å². The van der Waals surface area contributed by atoms with Gasteiger partial charge < -0.3 is 19.6 Å². The van der Waals surface area contributed by atoms with Crippen LogP contribution in [-0.4, -0.2) is 34.6 Å². The molecule has 0 amide bonds. The molecule has 0 radical (unpaired) electrons. The minimum atomic E-state index is -0.555. The molecular weight excluding hydrogens is 260 g/mol. The molecule has 1 aromatic heterocycles. The molecule has 1 heterocycles. The van der Waals surface area contributed by atoms with Crippen molar-refractivity contribution in [1.29, 1.82) is 0 Å². The van der Waals surface area contributed by atoms with Crippen LogP contribution in [0.4, 0.5) is 5.82 Å². The van der Waals surface area contributed by atoms with Crippen molar-refractivity contribution in [3.05, 3.63) is 27.9 Å². The van der Waals surface area contributed by atoms with Gasteiger partial charge in [-0.05, 0) is 22.0 Å². The lowest BCUT2D eigenvalue weighted by atomic mass is 9.91. The topological polar surface area (TPSA) is 74.5 Å². The molecule has 1 fully saturated rings. The minimum Gasteiger partial charge on any atom is -0.479 e. The summed E-state index contributed by atoms with van der Waals surface area (Å²) in [5.41, 5.74) is 0.571. The molecule has 0 N–H and O–H groups in total. The standard InChI is InChI=1S/C11H13ClN2O4/c1-6-3-4-8(11(13-6)14(15)16)18-9-5-7(12)10(9)17-2/h3-4,7,9-10H,5H2,1-2H3. The highest BCUT2D eigenvalue weighted by molar-refractivity contribution is 6.21. The highest BCUT2D eigenvalue weighted by Gasteiger charge is 2.43. The summed E-state index contributed by atoms with van der Waals surface area (Å²) in [6, 6.07) is 3.22. The lowest BCUT2D eigenvalue weighted by Gasteiger charge is -2.39. The van der Waals surface area contributed by atoms with Gasteiger partial charge in [-0.2, -0.15) is 0 Å². The van der Waals surface area contributed by atoms with E-state index >= 15 is 0 Å². The van der Waals surface area contributed by atoms with E-state index in [2.05, 4.69) is 4.98 Å². The molecule has 3 unspecified atom stereocenters. The number of aromatic nitrogens is 1. The maximum absolute atomic E-state index is 10.9. The van der Waals surface area contributed by atoms with Crippen molar-refractivity contribution < 1.29 is 14.4 Å². The van der Waals surface area contributed by atoms with Crippen LogP contribution in [0.25, 0.3) is 0 Å². The van der Waals surface area contributed by atoms with E-state index < -0.39 is 4.92 Å². The Morgan fingerprint density at radius 3 is 2.83 bits per heavy atom. The van der Waals surface area contributed by atoms with Crippen molar-refractivity contribution in [2.75, 3.05) is 7.11 Å². The van der Waals surface area contributed by atoms with Crippen molar-refractivity contribution in [2.45, 2.75) is 30.9 Å². The number of hydrogen-bond donors (Lipinski definition) is 0. The zero-order valence-electron chi connectivity index (χ0n) is 10.00. The van der Waals surface area contributed by atoms with Crippen LogP contribution in [0.15, 0.2) is 12.1 Å². The number of halogens is 1. The molecule has 7 heteroatoms. The van der Waals surface area contributed by atoms with Gasteiger partial charge in [0.05, 0.1) is 5.38 Å². The SMILES string of the molecule is COC1C(Cl)CC1Oc1ccc(C)nc1[N+](=O)[O-]. The third-order valence-corrected chi connectivity index (χ3v) is 3.31. The van der Waals surface area contributed by atoms with E-state index in [9.17, 15) is 10.1 Å². The highest BCUT2D eigenvalue weighted by Crippen LogP contribution is 2.35. The van der Waals surface area contributed by atoms with E-state index in [4.69, 9.17) is 21.1 Å². The first-order valence-corrected chi connectivity index (χ1v) is 5.92. The summed E-state index contributed by atoms with van der Waals surface area (Å²) < 4.78 is 10.7. The maximum atomic E-state index is 10.9. The molecule has 1 saturated carbocycles. The third-order valence-electron chi connectivity index (χ3n) is 2.88. The average Bonchev–Trinajstić information content (AvgIpc) is 2.30. The molecule has 98 valence electrons. The van der Waals surface area contributed by atoms with Gasteiger partial charge in [-0.25, -0.2) is 0 Å². The number of alkyl halides is 1. The third kappa shape index (κ3) is 2.39. The van der Waals surface area contributed by atoms with Gasteiger partial charge in [-0.1, -0.05) is 0 Å². The van der Waals surface area contributed by atoms with E-state index in [1.165, 1.54) is 7.11 Å². The Balaban J connectivity index is 2.17. The van der Waals surface area contributed by atoms with Gasteiger partial charge in [0.15, 0.2) is 0 Å². The number of nitro groups is 1. The summed E-state index contributed by atoms with van der Waals surface area (Å²) in [4.78, 5) is 14.2. The van der Waals surface area contributed by atoms with Crippen molar-refractivity contribution in [1.82, 2.24) is 4.98 Å². The first-order valence-electron chi connectivity index (χ1n) is 5.48. The van der Waals surface area contributed by atoms with Crippen LogP contribution >= 0.6 is 11.6 Å². The van der Waals surface area contributed by atoms with Crippen LogP contribution in [0.2, 0.25) is 0 Å².